The van der Waals surface area contributed by atoms with Crippen LogP contribution >= 0.6 is 11.6 Å². The number of rotatable bonds is 6. The van der Waals surface area contributed by atoms with Gasteiger partial charge in [-0.1, -0.05) is 23.7 Å². The number of hydrogen-bond acceptors (Lipinski definition) is 4. The molecule has 0 radical (unpaired) electrons. The second-order valence-corrected chi connectivity index (χ2v) is 7.19. The lowest BCUT2D eigenvalue weighted by molar-refractivity contribution is 0.0522. The van der Waals surface area contributed by atoms with Crippen LogP contribution in [0, 0.1) is 0 Å². The minimum absolute atomic E-state index is 0.00547. The van der Waals surface area contributed by atoms with Crippen molar-refractivity contribution in [1.82, 2.24) is 14.2 Å². The van der Waals surface area contributed by atoms with E-state index in [0.29, 0.717) is 23.1 Å². The van der Waals surface area contributed by atoms with Crippen LogP contribution < -0.4 is 5.56 Å². The summed E-state index contributed by atoms with van der Waals surface area (Å²) in [6.45, 7) is 2.54. The number of carbonyl (C=O) groups excluding carboxylic acids is 1. The Bertz CT molecular complexity index is 1050. The second-order valence-electron chi connectivity index (χ2n) is 6.75. The summed E-state index contributed by atoms with van der Waals surface area (Å²) in [7, 11) is 0. The summed E-state index contributed by atoms with van der Waals surface area (Å²) in [5.41, 5.74) is 2.30. The Labute approximate surface area is 161 Å². The molecule has 0 unspecified atom stereocenters. The maximum absolute atomic E-state index is 12.7. The predicted octanol–water partition coefficient (Wildman–Crippen LogP) is 3.45. The van der Waals surface area contributed by atoms with Crippen molar-refractivity contribution in [2.45, 2.75) is 38.6 Å². The first-order valence-electron chi connectivity index (χ1n) is 9.11. The Morgan fingerprint density at radius 1 is 1.30 bits per heavy atom. The molecule has 0 spiro atoms. The molecule has 0 atom stereocenters. The van der Waals surface area contributed by atoms with Gasteiger partial charge in [0.1, 0.15) is 11.2 Å². The summed E-state index contributed by atoms with van der Waals surface area (Å²) < 4.78 is 8.29. The highest BCUT2D eigenvalue weighted by Gasteiger charge is 2.28. The fraction of sp³-hybridized carbons (Fsp3) is 0.350. The van der Waals surface area contributed by atoms with E-state index in [-0.39, 0.29) is 12.2 Å². The first kappa shape index (κ1) is 17.8. The number of ether oxygens (including phenoxy) is 1. The molecule has 27 heavy (non-hydrogen) atoms. The van der Waals surface area contributed by atoms with E-state index >= 15 is 0 Å². The third-order valence-corrected chi connectivity index (χ3v) is 5.01. The van der Waals surface area contributed by atoms with Gasteiger partial charge in [-0.05, 0) is 43.9 Å². The summed E-state index contributed by atoms with van der Waals surface area (Å²) in [6, 6.07) is 9.61. The van der Waals surface area contributed by atoms with E-state index in [0.717, 1.165) is 30.5 Å². The van der Waals surface area contributed by atoms with E-state index in [9.17, 15) is 9.59 Å². The number of esters is 1. The highest BCUT2D eigenvalue weighted by atomic mass is 35.5. The van der Waals surface area contributed by atoms with Crippen LogP contribution in [0.15, 0.2) is 41.3 Å². The highest BCUT2D eigenvalue weighted by molar-refractivity contribution is 6.30. The standard InChI is InChI=1S/C20H20ClN3O3/c1-2-27-20(26)16-12-23(10-9-13-3-7-15(21)8-4-13)18-11-17(14-5-6-14)22-24(18)19(16)25/h3-4,7-8,11-12,14H,2,5-6,9-10H2,1H3. The lowest BCUT2D eigenvalue weighted by Crippen LogP contribution is -2.27. The lowest BCUT2D eigenvalue weighted by Gasteiger charge is -2.11. The van der Waals surface area contributed by atoms with Crippen LogP contribution in [0.3, 0.4) is 0 Å². The van der Waals surface area contributed by atoms with Crippen LogP contribution in [0.1, 0.15) is 47.3 Å². The van der Waals surface area contributed by atoms with Crippen LogP contribution in [0.25, 0.3) is 5.65 Å². The largest absolute Gasteiger partial charge is 0.462 e. The van der Waals surface area contributed by atoms with Crippen LogP contribution in [-0.4, -0.2) is 26.8 Å². The molecule has 7 heteroatoms. The molecule has 1 aromatic carbocycles. The number of aryl methyl sites for hydroxylation is 2. The Morgan fingerprint density at radius 2 is 2.04 bits per heavy atom. The molecule has 0 amide bonds. The quantitative estimate of drug-likeness (QED) is 0.609. The van der Waals surface area contributed by atoms with E-state index in [1.165, 1.54) is 4.52 Å². The minimum Gasteiger partial charge on any atom is -0.462 e. The third kappa shape index (κ3) is 3.62. The molecule has 2 aromatic heterocycles. The van der Waals surface area contributed by atoms with Gasteiger partial charge in [0.15, 0.2) is 0 Å². The number of nitrogens with zero attached hydrogens (tertiary/aromatic N) is 3. The number of fused-ring (bicyclic) bond motifs is 1. The molecule has 1 aliphatic rings. The second kappa shape index (κ2) is 7.19. The van der Waals surface area contributed by atoms with Crippen molar-refractivity contribution in [1.29, 1.82) is 0 Å². The molecule has 0 N–H and O–H groups in total. The molecule has 2 heterocycles. The summed E-state index contributed by atoms with van der Waals surface area (Å²) in [6.07, 6.45) is 4.51. The molecule has 0 bridgehead atoms. The fourth-order valence-electron chi connectivity index (χ4n) is 3.14. The van der Waals surface area contributed by atoms with Crippen LogP contribution in [0.5, 0.6) is 0 Å². The molecule has 1 fully saturated rings. The first-order valence-corrected chi connectivity index (χ1v) is 9.49. The van der Waals surface area contributed by atoms with Gasteiger partial charge in [-0.15, -0.1) is 0 Å². The van der Waals surface area contributed by atoms with Gasteiger partial charge in [0.2, 0.25) is 0 Å². The van der Waals surface area contributed by atoms with Gasteiger partial charge >= 0.3 is 5.97 Å². The van der Waals surface area contributed by atoms with Gasteiger partial charge in [0.05, 0.1) is 12.3 Å². The molecule has 1 aliphatic carbocycles. The van der Waals surface area contributed by atoms with Crippen molar-refractivity contribution >= 4 is 23.2 Å². The molecular weight excluding hydrogens is 366 g/mol. The predicted molar refractivity (Wildman–Crippen MR) is 103 cm³/mol. The molecule has 6 nitrogen and oxygen atoms in total. The maximum Gasteiger partial charge on any atom is 0.345 e. The molecule has 140 valence electrons. The number of aromatic nitrogens is 3. The Hall–Kier alpha value is -2.60. The van der Waals surface area contributed by atoms with E-state index < -0.39 is 11.5 Å². The molecule has 0 aliphatic heterocycles. The van der Waals surface area contributed by atoms with Crippen molar-refractivity contribution in [3.8, 4) is 0 Å². The molecule has 3 aromatic rings. The molecule has 4 rings (SSSR count). The van der Waals surface area contributed by atoms with E-state index in [2.05, 4.69) is 5.10 Å². The lowest BCUT2D eigenvalue weighted by atomic mass is 10.1. The SMILES string of the molecule is CCOC(=O)c1cn(CCc2ccc(Cl)cc2)c2cc(C3CC3)nn2c1=O. The summed E-state index contributed by atoms with van der Waals surface area (Å²) in [4.78, 5) is 25.0. The van der Waals surface area contributed by atoms with Crippen molar-refractivity contribution in [3.05, 3.63) is 68.7 Å². The number of carbonyl (C=O) groups is 1. The molecular formula is C20H20ClN3O3. The number of halogens is 1. The number of hydrogen-bond donors (Lipinski definition) is 0. The Balaban J connectivity index is 1.74. The maximum atomic E-state index is 12.7. The highest BCUT2D eigenvalue weighted by Crippen LogP contribution is 2.39. The van der Waals surface area contributed by atoms with Crippen LogP contribution in [0.4, 0.5) is 0 Å². The van der Waals surface area contributed by atoms with E-state index in [1.807, 2.05) is 34.9 Å². The molecule has 0 saturated heterocycles. The van der Waals surface area contributed by atoms with Crippen molar-refractivity contribution in [2.75, 3.05) is 6.61 Å². The minimum atomic E-state index is -0.617. The van der Waals surface area contributed by atoms with Gasteiger partial charge in [-0.3, -0.25) is 4.79 Å². The summed E-state index contributed by atoms with van der Waals surface area (Å²) >= 11 is 5.95. The third-order valence-electron chi connectivity index (χ3n) is 4.76. The van der Waals surface area contributed by atoms with Crippen LogP contribution in [0.2, 0.25) is 5.02 Å². The molecule has 1 saturated carbocycles. The van der Waals surface area contributed by atoms with Crippen molar-refractivity contribution in [2.24, 2.45) is 0 Å². The average Bonchev–Trinajstić information content (AvgIpc) is 3.41. The normalized spacial score (nSPS) is 13.9. The van der Waals surface area contributed by atoms with Gasteiger partial charge in [-0.25, -0.2) is 4.79 Å². The zero-order valence-electron chi connectivity index (χ0n) is 15.0. The average molecular weight is 386 g/mol. The Morgan fingerprint density at radius 3 is 2.70 bits per heavy atom. The van der Waals surface area contributed by atoms with Gasteiger partial charge in [0.25, 0.3) is 5.56 Å². The van der Waals surface area contributed by atoms with Crippen molar-refractivity contribution < 1.29 is 9.53 Å². The number of benzene rings is 1. The smallest absolute Gasteiger partial charge is 0.345 e. The first-order chi connectivity index (χ1) is 13.1. The zero-order valence-corrected chi connectivity index (χ0v) is 15.8. The van der Waals surface area contributed by atoms with Gasteiger partial charge in [0, 0.05) is 29.7 Å². The fourth-order valence-corrected chi connectivity index (χ4v) is 3.27. The summed E-state index contributed by atoms with van der Waals surface area (Å²) in [5, 5.41) is 5.16. The summed E-state index contributed by atoms with van der Waals surface area (Å²) in [5.74, 6) is -0.201. The van der Waals surface area contributed by atoms with Crippen molar-refractivity contribution in [3.63, 3.8) is 0 Å². The Kier molecular flexibility index (Phi) is 4.74. The van der Waals surface area contributed by atoms with E-state index in [1.54, 1.807) is 13.1 Å². The van der Waals surface area contributed by atoms with Crippen LogP contribution in [-0.2, 0) is 17.7 Å². The monoisotopic (exact) mass is 385 g/mol. The zero-order chi connectivity index (χ0) is 19.0. The van der Waals surface area contributed by atoms with Gasteiger partial charge < -0.3 is 9.30 Å². The topological polar surface area (TPSA) is 65.6 Å². The van der Waals surface area contributed by atoms with E-state index in [4.69, 9.17) is 16.3 Å². The van der Waals surface area contributed by atoms with Gasteiger partial charge in [-0.2, -0.15) is 9.61 Å².